The molecule has 1 aliphatic heterocycles. The molecule has 0 saturated carbocycles. The Hall–Kier alpha value is -2.07. The molecule has 28 heavy (non-hydrogen) atoms. The number of benzene rings is 2. The Balaban J connectivity index is 1.66. The summed E-state index contributed by atoms with van der Waals surface area (Å²) in [7, 11) is 0. The molecular formula is C24H26F3N. The first-order valence-electron chi connectivity index (χ1n) is 10.2. The molecule has 4 heteroatoms. The molecule has 2 unspecified atom stereocenters. The third-order valence-electron chi connectivity index (χ3n) is 6.22. The summed E-state index contributed by atoms with van der Waals surface area (Å²) in [6, 6.07) is 9.41. The predicted octanol–water partition coefficient (Wildman–Crippen LogP) is 6.27. The summed E-state index contributed by atoms with van der Waals surface area (Å²) in [6.45, 7) is 2.64. The molecule has 0 aromatic heterocycles. The molecular weight excluding hydrogens is 359 g/mol. The Morgan fingerprint density at radius 2 is 1.71 bits per heavy atom. The number of rotatable bonds is 3. The fourth-order valence-electron chi connectivity index (χ4n) is 4.70. The summed E-state index contributed by atoms with van der Waals surface area (Å²) in [5.41, 5.74) is 3.99. The minimum absolute atomic E-state index is 0.210. The van der Waals surface area contributed by atoms with E-state index < -0.39 is 11.6 Å². The van der Waals surface area contributed by atoms with Crippen LogP contribution >= 0.6 is 0 Å². The molecule has 2 aromatic carbocycles. The van der Waals surface area contributed by atoms with Gasteiger partial charge in [0, 0.05) is 30.3 Å². The number of halogens is 3. The highest BCUT2D eigenvalue weighted by Crippen LogP contribution is 2.35. The number of fused-ring (bicyclic) bond motifs is 1. The van der Waals surface area contributed by atoms with Crippen LogP contribution in [0.3, 0.4) is 0 Å². The molecule has 1 fully saturated rings. The van der Waals surface area contributed by atoms with Crippen molar-refractivity contribution in [1.29, 1.82) is 0 Å². The lowest BCUT2D eigenvalue weighted by atomic mass is 9.88. The zero-order valence-electron chi connectivity index (χ0n) is 16.2. The molecule has 148 valence electrons. The van der Waals surface area contributed by atoms with Crippen LogP contribution in [0.15, 0.2) is 42.0 Å². The smallest absolute Gasteiger partial charge is 0.130 e. The second kappa shape index (κ2) is 8.12. The fourth-order valence-corrected chi connectivity index (χ4v) is 4.70. The monoisotopic (exact) mass is 385 g/mol. The Kier molecular flexibility index (Phi) is 5.58. The molecule has 1 aliphatic carbocycles. The van der Waals surface area contributed by atoms with Gasteiger partial charge in [-0.3, -0.25) is 4.90 Å². The first-order chi connectivity index (χ1) is 13.5. The number of nitrogens with zero attached hydrogens (tertiary/aromatic N) is 1. The van der Waals surface area contributed by atoms with Crippen molar-refractivity contribution in [2.75, 3.05) is 0 Å². The van der Waals surface area contributed by atoms with Gasteiger partial charge in [0.15, 0.2) is 0 Å². The van der Waals surface area contributed by atoms with Crippen LogP contribution < -0.4 is 0 Å². The number of aryl methyl sites for hydroxylation is 1. The van der Waals surface area contributed by atoms with Crippen LogP contribution in [0.4, 0.5) is 13.2 Å². The minimum atomic E-state index is -0.547. The Morgan fingerprint density at radius 3 is 2.54 bits per heavy atom. The van der Waals surface area contributed by atoms with E-state index in [0.29, 0.717) is 18.2 Å². The molecule has 1 heterocycles. The van der Waals surface area contributed by atoms with E-state index in [0.717, 1.165) is 50.2 Å². The van der Waals surface area contributed by atoms with Crippen molar-refractivity contribution in [2.45, 2.75) is 64.1 Å². The van der Waals surface area contributed by atoms with Crippen LogP contribution in [-0.4, -0.2) is 17.0 Å². The van der Waals surface area contributed by atoms with E-state index in [4.69, 9.17) is 0 Å². The number of hydrogen-bond donors (Lipinski definition) is 0. The lowest BCUT2D eigenvalue weighted by Crippen LogP contribution is -2.45. The van der Waals surface area contributed by atoms with Gasteiger partial charge >= 0.3 is 0 Å². The first-order valence-corrected chi connectivity index (χ1v) is 10.2. The second-order valence-corrected chi connectivity index (χ2v) is 8.12. The van der Waals surface area contributed by atoms with E-state index in [1.165, 1.54) is 23.3 Å². The van der Waals surface area contributed by atoms with Gasteiger partial charge in [0.25, 0.3) is 0 Å². The number of hydrogen-bond acceptors (Lipinski definition) is 1. The SMILES string of the molecule is CC1CCCC(C2=Cc3cc(F)ccc3CCC2)N1Cc1ccc(F)cc1F. The molecule has 2 aromatic rings. The highest BCUT2D eigenvalue weighted by atomic mass is 19.1. The molecule has 0 radical (unpaired) electrons. The van der Waals surface area contributed by atoms with E-state index >= 15 is 0 Å². The lowest BCUT2D eigenvalue weighted by molar-refractivity contribution is 0.102. The topological polar surface area (TPSA) is 3.24 Å². The third kappa shape index (κ3) is 4.02. The molecule has 4 rings (SSSR count). The summed E-state index contributed by atoms with van der Waals surface area (Å²) in [4.78, 5) is 2.34. The maximum atomic E-state index is 14.3. The molecule has 0 bridgehead atoms. The maximum Gasteiger partial charge on any atom is 0.130 e. The van der Waals surface area contributed by atoms with E-state index in [1.54, 1.807) is 12.1 Å². The van der Waals surface area contributed by atoms with Crippen molar-refractivity contribution >= 4 is 6.08 Å². The van der Waals surface area contributed by atoms with Crippen LogP contribution in [0, 0.1) is 17.5 Å². The van der Waals surface area contributed by atoms with Crippen molar-refractivity contribution in [2.24, 2.45) is 0 Å². The minimum Gasteiger partial charge on any atom is -0.290 e. The highest BCUT2D eigenvalue weighted by Gasteiger charge is 2.31. The molecule has 0 N–H and O–H groups in total. The van der Waals surface area contributed by atoms with Gasteiger partial charge in [-0.05, 0) is 68.4 Å². The van der Waals surface area contributed by atoms with Gasteiger partial charge in [-0.2, -0.15) is 0 Å². The van der Waals surface area contributed by atoms with E-state index in [1.807, 2.05) is 6.07 Å². The average Bonchev–Trinajstić information content (AvgIpc) is 2.87. The predicted molar refractivity (Wildman–Crippen MR) is 106 cm³/mol. The molecule has 0 amide bonds. The van der Waals surface area contributed by atoms with Crippen LogP contribution in [0.2, 0.25) is 0 Å². The van der Waals surface area contributed by atoms with E-state index in [9.17, 15) is 13.2 Å². The highest BCUT2D eigenvalue weighted by molar-refractivity contribution is 5.59. The summed E-state index contributed by atoms with van der Waals surface area (Å²) < 4.78 is 41.4. The number of piperidine rings is 1. The lowest BCUT2D eigenvalue weighted by Gasteiger charge is -2.42. The fraction of sp³-hybridized carbons (Fsp3) is 0.417. The molecule has 2 atom stereocenters. The van der Waals surface area contributed by atoms with Gasteiger partial charge in [-0.1, -0.05) is 30.2 Å². The van der Waals surface area contributed by atoms with Crippen LogP contribution in [-0.2, 0) is 13.0 Å². The summed E-state index contributed by atoms with van der Waals surface area (Å²) >= 11 is 0. The van der Waals surface area contributed by atoms with E-state index in [2.05, 4.69) is 17.9 Å². The largest absolute Gasteiger partial charge is 0.290 e. The van der Waals surface area contributed by atoms with E-state index in [-0.39, 0.29) is 11.9 Å². The Bertz CT molecular complexity index is 889. The van der Waals surface area contributed by atoms with Crippen molar-refractivity contribution in [3.8, 4) is 0 Å². The third-order valence-corrected chi connectivity index (χ3v) is 6.22. The van der Waals surface area contributed by atoms with Gasteiger partial charge in [-0.25, -0.2) is 13.2 Å². The van der Waals surface area contributed by atoms with Gasteiger partial charge in [0.2, 0.25) is 0 Å². The molecule has 2 aliphatic rings. The van der Waals surface area contributed by atoms with Crippen molar-refractivity contribution in [1.82, 2.24) is 4.90 Å². The summed E-state index contributed by atoms with van der Waals surface area (Å²) in [5, 5.41) is 0. The molecule has 1 nitrogen and oxygen atoms in total. The second-order valence-electron chi connectivity index (χ2n) is 8.12. The normalized spacial score (nSPS) is 23.1. The van der Waals surface area contributed by atoms with Crippen molar-refractivity contribution in [3.05, 3.63) is 76.1 Å². The maximum absolute atomic E-state index is 14.3. The van der Waals surface area contributed by atoms with Crippen molar-refractivity contribution < 1.29 is 13.2 Å². The van der Waals surface area contributed by atoms with Crippen LogP contribution in [0.25, 0.3) is 6.08 Å². The van der Waals surface area contributed by atoms with Gasteiger partial charge in [0.1, 0.15) is 17.5 Å². The Labute approximate surface area is 164 Å². The van der Waals surface area contributed by atoms with Crippen LogP contribution in [0.5, 0.6) is 0 Å². The molecule has 0 spiro atoms. The standard InChI is InChI=1S/C24H26F3N/c1-16-4-2-7-24(28(16)15-19-9-11-22(26)14-23(19)27)18-6-3-5-17-8-10-21(25)13-20(17)12-18/h8-14,16,24H,2-7,15H2,1H3. The van der Waals surface area contributed by atoms with Crippen LogP contribution in [0.1, 0.15) is 55.7 Å². The van der Waals surface area contributed by atoms with Gasteiger partial charge in [0.05, 0.1) is 0 Å². The molecule has 1 saturated heterocycles. The summed E-state index contributed by atoms with van der Waals surface area (Å²) in [5.74, 6) is -1.24. The first kappa shape index (κ1) is 19.3. The van der Waals surface area contributed by atoms with Gasteiger partial charge in [-0.15, -0.1) is 0 Å². The zero-order chi connectivity index (χ0) is 19.7. The zero-order valence-corrected chi connectivity index (χ0v) is 16.2. The summed E-state index contributed by atoms with van der Waals surface area (Å²) in [6.07, 6.45) is 8.32. The number of likely N-dealkylation sites (tertiary alicyclic amines) is 1. The van der Waals surface area contributed by atoms with Gasteiger partial charge < -0.3 is 0 Å². The quantitative estimate of drug-likeness (QED) is 0.602. The average molecular weight is 385 g/mol. The Morgan fingerprint density at radius 1 is 0.929 bits per heavy atom. The van der Waals surface area contributed by atoms with Crippen molar-refractivity contribution in [3.63, 3.8) is 0 Å².